The van der Waals surface area contributed by atoms with Crippen LogP contribution in [0.1, 0.15) is 16.8 Å². The monoisotopic (exact) mass is 339 g/mol. The molecule has 0 amide bonds. The minimum atomic E-state index is -0.00383. The zero-order chi connectivity index (χ0) is 16.5. The van der Waals surface area contributed by atoms with E-state index >= 15 is 0 Å². The number of para-hydroxylation sites is 1. The Hall–Kier alpha value is -2.30. The number of nitrogens with one attached hydrogen (secondary N) is 1. The lowest BCUT2D eigenvalue weighted by Gasteiger charge is -2.25. The van der Waals surface area contributed by atoms with E-state index in [1.54, 1.807) is 10.7 Å². The average molecular weight is 340 g/mol. The highest BCUT2D eigenvalue weighted by molar-refractivity contribution is 6.32. The number of benzene rings is 2. The third kappa shape index (κ3) is 2.79. The summed E-state index contributed by atoms with van der Waals surface area (Å²) in [7, 11) is 0. The quantitative estimate of drug-likeness (QED) is 0.794. The van der Waals surface area contributed by atoms with Crippen molar-refractivity contribution < 1.29 is 0 Å². The summed E-state index contributed by atoms with van der Waals surface area (Å²) in [5, 5.41) is 3.81. The van der Waals surface area contributed by atoms with E-state index in [0.29, 0.717) is 17.3 Å². The Morgan fingerprint density at radius 3 is 2.58 bits per heavy atom. The fourth-order valence-electron chi connectivity index (χ4n) is 3.24. The lowest BCUT2D eigenvalue weighted by atomic mass is 10.1. The average Bonchev–Trinajstić information content (AvgIpc) is 2.93. The molecule has 1 aromatic heterocycles. The van der Waals surface area contributed by atoms with Crippen molar-refractivity contribution in [1.82, 2.24) is 14.7 Å². The van der Waals surface area contributed by atoms with Crippen LogP contribution in [0.3, 0.4) is 0 Å². The van der Waals surface area contributed by atoms with Crippen LogP contribution in [0, 0.1) is 0 Å². The SMILES string of the molecule is O=c1c2c([nH]n1-c1ccccc1Cl)CCN(Cc1ccccc1)C2. The molecule has 4 rings (SSSR count). The molecule has 0 saturated heterocycles. The maximum Gasteiger partial charge on any atom is 0.276 e. The highest BCUT2D eigenvalue weighted by Gasteiger charge is 2.23. The van der Waals surface area contributed by atoms with Crippen molar-refractivity contribution in [3.05, 3.63) is 86.8 Å². The van der Waals surface area contributed by atoms with Crippen molar-refractivity contribution in [3.63, 3.8) is 0 Å². The van der Waals surface area contributed by atoms with Gasteiger partial charge >= 0.3 is 0 Å². The van der Waals surface area contributed by atoms with Gasteiger partial charge in [0.25, 0.3) is 5.56 Å². The number of H-pyrrole nitrogens is 1. The maximum atomic E-state index is 12.8. The summed E-state index contributed by atoms with van der Waals surface area (Å²) >= 11 is 6.24. The maximum absolute atomic E-state index is 12.8. The van der Waals surface area contributed by atoms with Crippen molar-refractivity contribution in [2.75, 3.05) is 6.54 Å². The van der Waals surface area contributed by atoms with Crippen LogP contribution in [0.2, 0.25) is 5.02 Å². The topological polar surface area (TPSA) is 41.0 Å². The van der Waals surface area contributed by atoms with Crippen LogP contribution in [0.15, 0.2) is 59.4 Å². The second kappa shape index (κ2) is 6.30. The first-order valence-corrected chi connectivity index (χ1v) is 8.44. The summed E-state index contributed by atoms with van der Waals surface area (Å²) in [4.78, 5) is 15.1. The number of hydrogen-bond acceptors (Lipinski definition) is 2. The van der Waals surface area contributed by atoms with Gasteiger partial charge in [0, 0.05) is 31.7 Å². The van der Waals surface area contributed by atoms with E-state index in [4.69, 9.17) is 11.6 Å². The molecular formula is C19H18ClN3O. The highest BCUT2D eigenvalue weighted by Crippen LogP contribution is 2.21. The molecule has 0 saturated carbocycles. The number of halogens is 1. The predicted octanol–water partition coefficient (Wildman–Crippen LogP) is 3.38. The molecule has 1 aliphatic heterocycles. The molecule has 0 unspecified atom stereocenters. The molecule has 24 heavy (non-hydrogen) atoms. The molecule has 0 fully saturated rings. The van der Waals surface area contributed by atoms with Gasteiger partial charge in [-0.15, -0.1) is 0 Å². The second-order valence-corrected chi connectivity index (χ2v) is 6.51. The van der Waals surface area contributed by atoms with Crippen molar-refractivity contribution in [3.8, 4) is 5.69 Å². The van der Waals surface area contributed by atoms with E-state index in [1.165, 1.54) is 5.56 Å². The highest BCUT2D eigenvalue weighted by atomic mass is 35.5. The van der Waals surface area contributed by atoms with E-state index in [2.05, 4.69) is 22.1 Å². The second-order valence-electron chi connectivity index (χ2n) is 6.11. The molecule has 1 N–H and O–H groups in total. The molecule has 5 heteroatoms. The molecule has 0 bridgehead atoms. The molecule has 3 aromatic rings. The molecule has 0 aliphatic carbocycles. The van der Waals surface area contributed by atoms with Gasteiger partial charge in [-0.3, -0.25) is 14.8 Å². The van der Waals surface area contributed by atoms with E-state index in [1.807, 2.05) is 36.4 Å². The summed E-state index contributed by atoms with van der Waals surface area (Å²) in [6, 6.07) is 17.8. The molecular weight excluding hydrogens is 322 g/mol. The molecule has 1 aliphatic rings. The van der Waals surface area contributed by atoms with Gasteiger partial charge in [-0.1, -0.05) is 54.1 Å². The first kappa shape index (κ1) is 15.2. The van der Waals surface area contributed by atoms with E-state index < -0.39 is 0 Å². The van der Waals surface area contributed by atoms with Gasteiger partial charge in [0.1, 0.15) is 0 Å². The normalized spacial score (nSPS) is 14.5. The largest absolute Gasteiger partial charge is 0.295 e. The van der Waals surface area contributed by atoms with E-state index in [9.17, 15) is 4.79 Å². The Kier molecular flexibility index (Phi) is 4.00. The van der Waals surface area contributed by atoms with Gasteiger partial charge in [0.15, 0.2) is 0 Å². The number of aromatic amines is 1. The molecule has 0 radical (unpaired) electrons. The number of rotatable bonds is 3. The fourth-order valence-corrected chi connectivity index (χ4v) is 3.46. The van der Waals surface area contributed by atoms with E-state index in [0.717, 1.165) is 30.8 Å². The van der Waals surface area contributed by atoms with Gasteiger partial charge in [0.05, 0.1) is 16.3 Å². The van der Waals surface area contributed by atoms with Crippen molar-refractivity contribution in [2.24, 2.45) is 0 Å². The summed E-state index contributed by atoms with van der Waals surface area (Å²) in [5.74, 6) is 0. The van der Waals surface area contributed by atoms with Crippen molar-refractivity contribution in [1.29, 1.82) is 0 Å². The van der Waals surface area contributed by atoms with Gasteiger partial charge in [-0.05, 0) is 17.7 Å². The van der Waals surface area contributed by atoms with Crippen molar-refractivity contribution in [2.45, 2.75) is 19.5 Å². The lowest BCUT2D eigenvalue weighted by Crippen LogP contribution is -2.32. The Balaban J connectivity index is 1.63. The molecule has 2 heterocycles. The number of fused-ring (bicyclic) bond motifs is 1. The fraction of sp³-hybridized carbons (Fsp3) is 0.211. The molecule has 0 atom stereocenters. The number of hydrogen-bond donors (Lipinski definition) is 1. The molecule has 2 aromatic carbocycles. The minimum Gasteiger partial charge on any atom is -0.295 e. The van der Waals surface area contributed by atoms with Crippen LogP contribution in [-0.2, 0) is 19.5 Å². The summed E-state index contributed by atoms with van der Waals surface area (Å²) in [6.45, 7) is 2.46. The van der Waals surface area contributed by atoms with Crippen LogP contribution in [-0.4, -0.2) is 21.2 Å². The van der Waals surface area contributed by atoms with Crippen LogP contribution in [0.5, 0.6) is 0 Å². The number of nitrogens with zero attached hydrogens (tertiary/aromatic N) is 2. The summed E-state index contributed by atoms with van der Waals surface area (Å²) in [6.07, 6.45) is 0.842. The number of aromatic nitrogens is 2. The lowest BCUT2D eigenvalue weighted by molar-refractivity contribution is 0.244. The van der Waals surface area contributed by atoms with Crippen LogP contribution < -0.4 is 5.56 Å². The zero-order valence-electron chi connectivity index (χ0n) is 13.2. The van der Waals surface area contributed by atoms with Crippen LogP contribution in [0.4, 0.5) is 0 Å². The Morgan fingerprint density at radius 2 is 1.79 bits per heavy atom. The Morgan fingerprint density at radius 1 is 1.04 bits per heavy atom. The third-order valence-electron chi connectivity index (χ3n) is 4.47. The van der Waals surface area contributed by atoms with Gasteiger partial charge < -0.3 is 0 Å². The summed E-state index contributed by atoms with van der Waals surface area (Å²) < 4.78 is 1.57. The van der Waals surface area contributed by atoms with Crippen molar-refractivity contribution >= 4 is 11.6 Å². The minimum absolute atomic E-state index is 0.00383. The first-order valence-electron chi connectivity index (χ1n) is 8.06. The smallest absolute Gasteiger partial charge is 0.276 e. The Bertz CT molecular complexity index is 914. The molecule has 4 nitrogen and oxygen atoms in total. The first-order chi connectivity index (χ1) is 11.7. The van der Waals surface area contributed by atoms with Gasteiger partial charge in [-0.25, -0.2) is 4.68 Å². The Labute approximate surface area is 145 Å². The zero-order valence-corrected chi connectivity index (χ0v) is 14.0. The van der Waals surface area contributed by atoms with Crippen LogP contribution in [0.25, 0.3) is 5.69 Å². The predicted molar refractivity (Wildman–Crippen MR) is 95.7 cm³/mol. The van der Waals surface area contributed by atoms with Gasteiger partial charge in [-0.2, -0.15) is 0 Å². The molecule has 122 valence electrons. The summed E-state index contributed by atoms with van der Waals surface area (Å²) in [5.41, 5.74) is 3.83. The third-order valence-corrected chi connectivity index (χ3v) is 4.79. The standard InChI is InChI=1S/C19H18ClN3O/c20-16-8-4-5-9-18(16)23-19(24)15-13-22(11-10-17(15)21-23)12-14-6-2-1-3-7-14/h1-9,21H,10-13H2. The molecule has 0 spiro atoms. The van der Waals surface area contributed by atoms with Crippen LogP contribution >= 0.6 is 11.6 Å². The van der Waals surface area contributed by atoms with Gasteiger partial charge in [0.2, 0.25) is 0 Å². The van der Waals surface area contributed by atoms with E-state index in [-0.39, 0.29) is 5.56 Å².